The first-order valence-electron chi connectivity index (χ1n) is 7.68. The average molecular weight is 308 g/mol. The topological polar surface area (TPSA) is 37.7 Å². The highest BCUT2D eigenvalue weighted by Crippen LogP contribution is 2.13. The zero-order valence-electron chi connectivity index (χ0n) is 13.0. The first kappa shape index (κ1) is 16.2. The van der Waals surface area contributed by atoms with Gasteiger partial charge in [-0.3, -0.25) is 0 Å². The van der Waals surface area contributed by atoms with Crippen LogP contribution < -0.4 is 15.5 Å². The summed E-state index contributed by atoms with van der Waals surface area (Å²) in [5.41, 5.74) is 3.55. The molecule has 1 heterocycles. The normalized spacial score (nSPS) is 15.7. The van der Waals surface area contributed by atoms with Gasteiger partial charge in [0, 0.05) is 18.7 Å². The maximum absolute atomic E-state index is 5.36. The van der Waals surface area contributed by atoms with Gasteiger partial charge < -0.3 is 20.3 Å². The van der Waals surface area contributed by atoms with E-state index in [2.05, 4.69) is 42.7 Å². The molecular weight excluding hydrogens is 282 g/mol. The fourth-order valence-corrected chi connectivity index (χ4v) is 2.89. The van der Waals surface area contributed by atoms with Gasteiger partial charge >= 0.3 is 0 Å². The molecule has 1 fully saturated rings. The zero-order chi connectivity index (χ0) is 15.1. The minimum absolute atomic E-state index is 0.706. The summed E-state index contributed by atoms with van der Waals surface area (Å²) in [5, 5.41) is 7.25. The van der Waals surface area contributed by atoms with Gasteiger partial charge in [0.05, 0.1) is 19.8 Å². The smallest absolute Gasteiger partial charge is 0.170 e. The summed E-state index contributed by atoms with van der Waals surface area (Å²) >= 11 is 5.34. The van der Waals surface area contributed by atoms with Crippen molar-refractivity contribution in [2.24, 2.45) is 0 Å². The van der Waals surface area contributed by atoms with E-state index in [0.717, 1.165) is 45.0 Å². The lowest BCUT2D eigenvalue weighted by atomic mass is 10.1. The highest BCUT2D eigenvalue weighted by atomic mass is 32.1. The summed E-state index contributed by atoms with van der Waals surface area (Å²) in [4.78, 5) is 1.64. The lowest BCUT2D eigenvalue weighted by Crippen LogP contribution is -3.14. The molecule has 3 N–H and O–H groups in total. The lowest BCUT2D eigenvalue weighted by Gasteiger charge is -2.23. The van der Waals surface area contributed by atoms with Gasteiger partial charge in [-0.15, -0.1) is 0 Å². The van der Waals surface area contributed by atoms with Crippen LogP contribution in [0.1, 0.15) is 17.5 Å². The number of benzene rings is 1. The van der Waals surface area contributed by atoms with Gasteiger partial charge in [0.2, 0.25) is 0 Å². The standard InChI is InChI=1S/C16H25N3OS/c1-13-10-14(2)12-15(11-13)18-16(21)17-4-3-5-19-6-8-20-9-7-19/h10-12H,3-9H2,1-2H3,(H2,17,18,21)/p+1. The zero-order valence-corrected chi connectivity index (χ0v) is 13.8. The van der Waals surface area contributed by atoms with Crippen molar-refractivity contribution < 1.29 is 9.64 Å². The molecule has 1 saturated heterocycles. The van der Waals surface area contributed by atoms with Crippen molar-refractivity contribution in [3.05, 3.63) is 29.3 Å². The van der Waals surface area contributed by atoms with E-state index >= 15 is 0 Å². The first-order valence-corrected chi connectivity index (χ1v) is 8.09. The average Bonchev–Trinajstić information content (AvgIpc) is 2.43. The Kier molecular flexibility index (Phi) is 6.42. The van der Waals surface area contributed by atoms with Crippen molar-refractivity contribution in [2.75, 3.05) is 44.7 Å². The molecule has 5 heteroatoms. The summed E-state index contributed by atoms with van der Waals surface area (Å²) in [7, 11) is 0. The maximum Gasteiger partial charge on any atom is 0.170 e. The summed E-state index contributed by atoms with van der Waals surface area (Å²) < 4.78 is 5.36. The van der Waals surface area contributed by atoms with Gasteiger partial charge in [-0.2, -0.15) is 0 Å². The Hall–Kier alpha value is -1.17. The molecule has 1 aromatic rings. The fraction of sp³-hybridized carbons (Fsp3) is 0.562. The van der Waals surface area contributed by atoms with Crippen molar-refractivity contribution in [3.63, 3.8) is 0 Å². The SMILES string of the molecule is Cc1cc(C)cc(NC(=S)NCCC[NH+]2CCOCC2)c1. The van der Waals surface area contributed by atoms with Crippen LogP contribution in [0.2, 0.25) is 0 Å². The molecule has 0 amide bonds. The highest BCUT2D eigenvalue weighted by Gasteiger charge is 2.12. The molecule has 0 radical (unpaired) electrons. The Morgan fingerprint density at radius 3 is 2.52 bits per heavy atom. The Morgan fingerprint density at radius 1 is 1.19 bits per heavy atom. The predicted molar refractivity (Wildman–Crippen MR) is 91.1 cm³/mol. The molecule has 0 saturated carbocycles. The quantitative estimate of drug-likeness (QED) is 0.558. The van der Waals surface area contributed by atoms with Crippen molar-refractivity contribution in [1.82, 2.24) is 5.32 Å². The van der Waals surface area contributed by atoms with Crippen LogP contribution in [0, 0.1) is 13.8 Å². The molecule has 21 heavy (non-hydrogen) atoms. The summed E-state index contributed by atoms with van der Waals surface area (Å²) in [5.74, 6) is 0. The van der Waals surface area contributed by atoms with Crippen molar-refractivity contribution in [2.45, 2.75) is 20.3 Å². The van der Waals surface area contributed by atoms with E-state index in [0.29, 0.717) is 5.11 Å². The summed E-state index contributed by atoms with van der Waals surface area (Å²) in [6.45, 7) is 10.4. The van der Waals surface area contributed by atoms with Crippen LogP contribution in [-0.2, 0) is 4.74 Å². The Morgan fingerprint density at radius 2 is 1.86 bits per heavy atom. The van der Waals surface area contributed by atoms with Gasteiger partial charge in [-0.05, 0) is 49.3 Å². The number of rotatable bonds is 5. The summed E-state index contributed by atoms with van der Waals surface area (Å²) in [6.07, 6.45) is 1.13. The van der Waals surface area contributed by atoms with Crippen LogP contribution >= 0.6 is 12.2 Å². The van der Waals surface area contributed by atoms with E-state index in [4.69, 9.17) is 17.0 Å². The van der Waals surface area contributed by atoms with E-state index in [1.165, 1.54) is 17.7 Å². The lowest BCUT2D eigenvalue weighted by molar-refractivity contribution is -0.908. The minimum atomic E-state index is 0.706. The van der Waals surface area contributed by atoms with E-state index in [1.807, 2.05) is 0 Å². The Bertz CT molecular complexity index is 452. The number of aryl methyl sites for hydroxylation is 2. The van der Waals surface area contributed by atoms with Gasteiger partial charge in [0.15, 0.2) is 5.11 Å². The predicted octanol–water partition coefficient (Wildman–Crippen LogP) is 0.895. The maximum atomic E-state index is 5.36. The van der Waals surface area contributed by atoms with Crippen molar-refractivity contribution in [3.8, 4) is 0 Å². The molecule has 0 unspecified atom stereocenters. The Labute approximate surface area is 132 Å². The van der Waals surface area contributed by atoms with Crippen LogP contribution in [0.4, 0.5) is 5.69 Å². The molecule has 0 spiro atoms. The minimum Gasteiger partial charge on any atom is -0.370 e. The molecular formula is C16H26N3OS+. The molecule has 0 atom stereocenters. The van der Waals surface area contributed by atoms with E-state index in [9.17, 15) is 0 Å². The van der Waals surface area contributed by atoms with Crippen LogP contribution in [-0.4, -0.2) is 44.5 Å². The third kappa shape index (κ3) is 5.99. The number of ether oxygens (including phenoxy) is 1. The van der Waals surface area contributed by atoms with E-state index in [-0.39, 0.29) is 0 Å². The monoisotopic (exact) mass is 308 g/mol. The second kappa shape index (κ2) is 8.32. The third-order valence-corrected chi connectivity index (χ3v) is 3.92. The van der Waals surface area contributed by atoms with Crippen LogP contribution in [0.15, 0.2) is 18.2 Å². The highest BCUT2D eigenvalue weighted by molar-refractivity contribution is 7.80. The number of hydrogen-bond acceptors (Lipinski definition) is 2. The Balaban J connectivity index is 1.65. The van der Waals surface area contributed by atoms with Gasteiger partial charge in [0.25, 0.3) is 0 Å². The van der Waals surface area contributed by atoms with Gasteiger partial charge in [-0.1, -0.05) is 6.07 Å². The summed E-state index contributed by atoms with van der Waals surface area (Å²) in [6, 6.07) is 6.38. The molecule has 1 aliphatic heterocycles. The number of anilines is 1. The molecule has 4 nitrogen and oxygen atoms in total. The van der Waals surface area contributed by atoms with Crippen LogP contribution in [0.25, 0.3) is 0 Å². The van der Waals surface area contributed by atoms with Crippen molar-refractivity contribution in [1.29, 1.82) is 0 Å². The molecule has 1 aliphatic rings. The van der Waals surface area contributed by atoms with Crippen LogP contribution in [0.5, 0.6) is 0 Å². The second-order valence-electron chi connectivity index (χ2n) is 5.72. The van der Waals surface area contributed by atoms with Gasteiger partial charge in [-0.25, -0.2) is 0 Å². The van der Waals surface area contributed by atoms with Crippen molar-refractivity contribution >= 4 is 23.0 Å². The largest absolute Gasteiger partial charge is 0.370 e. The van der Waals surface area contributed by atoms with Crippen LogP contribution in [0.3, 0.4) is 0 Å². The third-order valence-electron chi connectivity index (χ3n) is 3.67. The number of thiocarbonyl (C=S) groups is 1. The number of morpholine rings is 1. The molecule has 116 valence electrons. The number of hydrogen-bond donors (Lipinski definition) is 3. The van der Waals surface area contributed by atoms with Gasteiger partial charge in [0.1, 0.15) is 13.1 Å². The molecule has 1 aromatic carbocycles. The molecule has 0 bridgehead atoms. The van der Waals surface area contributed by atoms with E-state index in [1.54, 1.807) is 4.90 Å². The molecule has 0 aliphatic carbocycles. The molecule has 2 rings (SSSR count). The van der Waals surface area contributed by atoms with E-state index < -0.39 is 0 Å². The number of nitrogens with one attached hydrogen (secondary N) is 3. The first-order chi connectivity index (χ1) is 10.1. The number of quaternary nitrogens is 1. The second-order valence-corrected chi connectivity index (χ2v) is 6.13. The fourth-order valence-electron chi connectivity index (χ4n) is 2.67. The molecule has 0 aromatic heterocycles.